The maximum absolute atomic E-state index is 9.24. The van der Waals surface area contributed by atoms with Crippen LogP contribution in [0.25, 0.3) is 22.6 Å². The van der Waals surface area contributed by atoms with Crippen molar-refractivity contribution in [3.8, 4) is 28.7 Å². The van der Waals surface area contributed by atoms with E-state index in [2.05, 4.69) is 47.1 Å². The number of nitriles is 1. The largest absolute Gasteiger partial charge is 0.368 e. The number of benzene rings is 1. The molecular weight excluding hydrogens is 424 g/mol. The van der Waals surface area contributed by atoms with Crippen molar-refractivity contribution in [1.29, 1.82) is 5.26 Å². The monoisotopic (exact) mass is 444 g/mol. The Morgan fingerprint density at radius 3 is 2.53 bits per heavy atom. The van der Waals surface area contributed by atoms with Gasteiger partial charge in [0.15, 0.2) is 0 Å². The fraction of sp³-hybridized carbons (Fsp3) is 0.217. The van der Waals surface area contributed by atoms with E-state index in [1.807, 2.05) is 18.2 Å². The maximum Gasteiger partial charge on any atom is 0.221 e. The van der Waals surface area contributed by atoms with E-state index >= 15 is 0 Å². The van der Waals surface area contributed by atoms with Crippen LogP contribution in [0.15, 0.2) is 48.7 Å². The van der Waals surface area contributed by atoms with Crippen LogP contribution in [0, 0.1) is 11.3 Å². The van der Waals surface area contributed by atoms with Gasteiger partial charge in [0, 0.05) is 16.7 Å². The fourth-order valence-electron chi connectivity index (χ4n) is 3.20. The minimum atomic E-state index is -0.0391. The van der Waals surface area contributed by atoms with Crippen LogP contribution in [0.2, 0.25) is 5.02 Å². The van der Waals surface area contributed by atoms with Gasteiger partial charge >= 0.3 is 0 Å². The van der Waals surface area contributed by atoms with Crippen molar-refractivity contribution in [2.24, 2.45) is 0 Å². The van der Waals surface area contributed by atoms with Crippen LogP contribution < -0.4 is 5.73 Å². The molecule has 0 unspecified atom stereocenters. The summed E-state index contributed by atoms with van der Waals surface area (Å²) in [7, 11) is 0. The Morgan fingerprint density at radius 1 is 1.03 bits per heavy atom. The zero-order valence-corrected chi connectivity index (χ0v) is 18.7. The molecule has 0 bridgehead atoms. The van der Waals surface area contributed by atoms with E-state index in [9.17, 15) is 5.26 Å². The molecule has 4 aromatic rings. The average molecular weight is 445 g/mol. The molecule has 0 aliphatic heterocycles. The smallest absolute Gasteiger partial charge is 0.221 e. The second-order valence-corrected chi connectivity index (χ2v) is 8.72. The number of halogens is 1. The van der Waals surface area contributed by atoms with Crippen LogP contribution in [0.1, 0.15) is 37.7 Å². The van der Waals surface area contributed by atoms with Crippen molar-refractivity contribution >= 4 is 17.5 Å². The number of nitrogen functional groups attached to an aromatic ring is 1. The highest BCUT2D eigenvalue weighted by atomic mass is 35.5. The van der Waals surface area contributed by atoms with Crippen LogP contribution in [0.4, 0.5) is 5.95 Å². The number of hydrogen-bond donors (Lipinski definition) is 1. The van der Waals surface area contributed by atoms with Crippen molar-refractivity contribution in [3.05, 3.63) is 70.6 Å². The Labute approximate surface area is 190 Å². The molecule has 0 atom stereocenters. The zero-order chi connectivity index (χ0) is 22.9. The third-order valence-corrected chi connectivity index (χ3v) is 5.25. The molecule has 0 radical (unpaired) electrons. The highest BCUT2D eigenvalue weighted by Crippen LogP contribution is 2.31. The van der Waals surface area contributed by atoms with E-state index in [4.69, 9.17) is 22.3 Å². The van der Waals surface area contributed by atoms with E-state index in [1.54, 1.807) is 35.1 Å². The van der Waals surface area contributed by atoms with Crippen LogP contribution in [0.5, 0.6) is 0 Å². The second-order valence-electron chi connectivity index (χ2n) is 8.34. The van der Waals surface area contributed by atoms with Crippen molar-refractivity contribution in [2.45, 2.75) is 32.7 Å². The molecule has 3 heterocycles. The van der Waals surface area contributed by atoms with Gasteiger partial charge in [0.25, 0.3) is 0 Å². The molecule has 32 heavy (non-hydrogen) atoms. The molecule has 0 saturated heterocycles. The molecule has 160 valence electrons. The first-order valence-corrected chi connectivity index (χ1v) is 10.3. The first-order chi connectivity index (χ1) is 15.2. The van der Waals surface area contributed by atoms with Gasteiger partial charge in [-0.05, 0) is 24.3 Å². The van der Waals surface area contributed by atoms with E-state index in [0.717, 1.165) is 11.4 Å². The summed E-state index contributed by atoms with van der Waals surface area (Å²) in [5.41, 5.74) is 10.3. The van der Waals surface area contributed by atoms with Crippen LogP contribution in [0.3, 0.4) is 0 Å². The zero-order valence-electron chi connectivity index (χ0n) is 17.9. The van der Waals surface area contributed by atoms with Gasteiger partial charge in [-0.25, -0.2) is 14.6 Å². The third-order valence-electron chi connectivity index (χ3n) is 4.84. The lowest BCUT2D eigenvalue weighted by molar-refractivity contribution is 0.559. The molecule has 0 aliphatic carbocycles. The summed E-state index contributed by atoms with van der Waals surface area (Å²) in [6.45, 7) is 6.85. The van der Waals surface area contributed by atoms with E-state index in [0.29, 0.717) is 39.8 Å². The molecule has 0 fully saturated rings. The molecule has 3 aromatic heterocycles. The molecule has 8 nitrogen and oxygen atoms in total. The van der Waals surface area contributed by atoms with Gasteiger partial charge in [-0.1, -0.05) is 55.8 Å². The summed E-state index contributed by atoms with van der Waals surface area (Å²) in [5, 5.41) is 18.0. The van der Waals surface area contributed by atoms with Gasteiger partial charge in [0.1, 0.15) is 11.8 Å². The number of hydrogen-bond acceptors (Lipinski definition) is 7. The fourth-order valence-corrected chi connectivity index (χ4v) is 3.46. The Balaban J connectivity index is 1.65. The highest BCUT2D eigenvalue weighted by Gasteiger charge is 2.17. The SMILES string of the molecule is CC(C)(C)c1cccc(Cn2cc(-c3cc(-c4cccc(C#N)c4Cl)nc(N)n3)nn2)n1. The van der Waals surface area contributed by atoms with Crippen LogP contribution in [-0.2, 0) is 12.0 Å². The van der Waals surface area contributed by atoms with Crippen LogP contribution in [-0.4, -0.2) is 29.9 Å². The number of nitrogens with zero attached hydrogens (tertiary/aromatic N) is 7. The molecule has 0 amide bonds. The standard InChI is InChI=1S/C23H21ClN8/c1-23(2,3)20-9-5-7-15(27-20)12-32-13-19(30-31-32)18-10-17(28-22(26)29-18)16-8-4-6-14(11-25)21(16)24/h4-10,13H,12H2,1-3H3,(H2,26,28,29). The predicted molar refractivity (Wildman–Crippen MR) is 123 cm³/mol. The molecule has 1 aromatic carbocycles. The Bertz CT molecular complexity index is 1330. The third kappa shape index (κ3) is 4.43. The van der Waals surface area contributed by atoms with Gasteiger partial charge in [0.05, 0.1) is 40.4 Å². The Hall–Kier alpha value is -3.83. The predicted octanol–water partition coefficient (Wildman–Crippen LogP) is 4.25. The van der Waals surface area contributed by atoms with Crippen molar-refractivity contribution in [3.63, 3.8) is 0 Å². The summed E-state index contributed by atoms with van der Waals surface area (Å²) in [6, 6.07) is 14.9. The van der Waals surface area contributed by atoms with Crippen molar-refractivity contribution < 1.29 is 0 Å². The summed E-state index contributed by atoms with van der Waals surface area (Å²) in [4.78, 5) is 13.3. The summed E-state index contributed by atoms with van der Waals surface area (Å²) >= 11 is 6.37. The number of pyridine rings is 1. The summed E-state index contributed by atoms with van der Waals surface area (Å²) in [6.07, 6.45) is 1.78. The van der Waals surface area contributed by atoms with Crippen LogP contribution >= 0.6 is 11.6 Å². The number of aromatic nitrogens is 6. The summed E-state index contributed by atoms with van der Waals surface area (Å²) in [5.74, 6) is 0.0741. The molecule has 9 heteroatoms. The van der Waals surface area contributed by atoms with Gasteiger partial charge < -0.3 is 5.73 Å². The van der Waals surface area contributed by atoms with E-state index in [1.165, 1.54) is 0 Å². The number of nitrogens with two attached hydrogens (primary N) is 1. The lowest BCUT2D eigenvalue weighted by Gasteiger charge is -2.18. The quantitative estimate of drug-likeness (QED) is 0.499. The molecular formula is C23H21ClN8. The average Bonchev–Trinajstić information content (AvgIpc) is 3.21. The normalized spacial score (nSPS) is 11.3. The lowest BCUT2D eigenvalue weighted by Crippen LogP contribution is -2.15. The molecule has 0 spiro atoms. The lowest BCUT2D eigenvalue weighted by atomic mass is 9.91. The Kier molecular flexibility index (Phi) is 5.59. The van der Waals surface area contributed by atoms with Gasteiger partial charge in [-0.15, -0.1) is 5.10 Å². The number of rotatable bonds is 4. The minimum Gasteiger partial charge on any atom is -0.368 e. The van der Waals surface area contributed by atoms with Crippen molar-refractivity contribution in [1.82, 2.24) is 29.9 Å². The molecule has 0 saturated carbocycles. The summed E-state index contributed by atoms with van der Waals surface area (Å²) < 4.78 is 1.70. The molecule has 2 N–H and O–H groups in total. The first kappa shape index (κ1) is 21.4. The van der Waals surface area contributed by atoms with E-state index in [-0.39, 0.29) is 11.4 Å². The highest BCUT2D eigenvalue weighted by molar-refractivity contribution is 6.34. The van der Waals surface area contributed by atoms with Gasteiger partial charge in [0.2, 0.25) is 5.95 Å². The maximum atomic E-state index is 9.24. The van der Waals surface area contributed by atoms with Gasteiger partial charge in [-0.2, -0.15) is 5.26 Å². The topological polar surface area (TPSA) is 119 Å². The first-order valence-electron chi connectivity index (χ1n) is 9.95. The van der Waals surface area contributed by atoms with Gasteiger partial charge in [-0.3, -0.25) is 4.98 Å². The van der Waals surface area contributed by atoms with Crippen molar-refractivity contribution in [2.75, 3.05) is 5.73 Å². The number of anilines is 1. The molecule has 0 aliphatic rings. The Morgan fingerprint density at radius 2 is 1.78 bits per heavy atom. The second kappa shape index (κ2) is 8.36. The van der Waals surface area contributed by atoms with E-state index < -0.39 is 0 Å². The minimum absolute atomic E-state index is 0.0391. The molecule has 4 rings (SSSR count).